The van der Waals surface area contributed by atoms with Gasteiger partial charge in [0.15, 0.2) is 0 Å². The van der Waals surface area contributed by atoms with E-state index in [1.807, 2.05) is 0 Å². The van der Waals surface area contributed by atoms with Gasteiger partial charge in [0.1, 0.15) is 5.54 Å². The van der Waals surface area contributed by atoms with Crippen molar-refractivity contribution in [3.63, 3.8) is 0 Å². The summed E-state index contributed by atoms with van der Waals surface area (Å²) in [4.78, 5) is 12.3. The van der Waals surface area contributed by atoms with Crippen LogP contribution in [0.2, 0.25) is 0 Å². The van der Waals surface area contributed by atoms with Gasteiger partial charge in [0.25, 0.3) is 0 Å². The van der Waals surface area contributed by atoms with Gasteiger partial charge in [0.05, 0.1) is 6.07 Å². The summed E-state index contributed by atoms with van der Waals surface area (Å²) >= 11 is 0. The molecule has 0 unspecified atom stereocenters. The number of rotatable bonds is 4. The first-order valence-corrected chi connectivity index (χ1v) is 6.31. The number of hydrogen-bond donors (Lipinski definition) is 4. The smallest absolute Gasteiger partial charge is 0.243 e. The average molecular weight is 262 g/mol. The van der Waals surface area contributed by atoms with Gasteiger partial charge in [-0.25, -0.2) is 5.84 Å². The van der Waals surface area contributed by atoms with Crippen LogP contribution in [0.4, 0.5) is 17.8 Å². The van der Waals surface area contributed by atoms with Gasteiger partial charge in [-0.1, -0.05) is 19.3 Å². The molecule has 0 bridgehead atoms. The van der Waals surface area contributed by atoms with E-state index in [0.717, 1.165) is 25.7 Å². The van der Waals surface area contributed by atoms with Crippen LogP contribution in [0.5, 0.6) is 0 Å². The number of nitrogens with zero attached hydrogens (tertiary/aromatic N) is 4. The van der Waals surface area contributed by atoms with Gasteiger partial charge < -0.3 is 10.6 Å². The molecule has 1 aromatic heterocycles. The van der Waals surface area contributed by atoms with E-state index in [1.165, 1.54) is 6.42 Å². The Labute approximate surface area is 111 Å². The summed E-state index contributed by atoms with van der Waals surface area (Å²) in [6, 6.07) is 2.36. The second-order valence-electron chi connectivity index (χ2n) is 4.58. The van der Waals surface area contributed by atoms with Gasteiger partial charge in [0, 0.05) is 7.05 Å². The van der Waals surface area contributed by atoms with Crippen molar-refractivity contribution >= 4 is 17.8 Å². The predicted molar refractivity (Wildman–Crippen MR) is 72.2 cm³/mol. The molecule has 5 N–H and O–H groups in total. The molecule has 102 valence electrons. The quantitative estimate of drug-likeness (QED) is 0.464. The van der Waals surface area contributed by atoms with E-state index >= 15 is 0 Å². The molecule has 8 nitrogen and oxygen atoms in total. The molecule has 0 amide bonds. The van der Waals surface area contributed by atoms with Crippen molar-refractivity contribution < 1.29 is 0 Å². The SMILES string of the molecule is CNc1nc(NN)nc(NC2(C#N)CCCCC2)n1. The average Bonchev–Trinajstić information content (AvgIpc) is 2.47. The molecule has 2 rings (SSSR count). The molecule has 0 saturated heterocycles. The molecule has 19 heavy (non-hydrogen) atoms. The van der Waals surface area contributed by atoms with Crippen LogP contribution in [0.1, 0.15) is 32.1 Å². The van der Waals surface area contributed by atoms with Crippen molar-refractivity contribution in [2.24, 2.45) is 5.84 Å². The monoisotopic (exact) mass is 262 g/mol. The molecule has 0 aromatic carbocycles. The number of anilines is 3. The van der Waals surface area contributed by atoms with Crippen molar-refractivity contribution in [2.45, 2.75) is 37.6 Å². The third kappa shape index (κ3) is 3.00. The maximum Gasteiger partial charge on any atom is 0.243 e. The number of hydrazine groups is 1. The second kappa shape index (κ2) is 5.67. The van der Waals surface area contributed by atoms with E-state index in [4.69, 9.17) is 5.84 Å². The molecule has 8 heteroatoms. The number of nitrogens with one attached hydrogen (secondary N) is 3. The lowest BCUT2D eigenvalue weighted by Gasteiger charge is -2.31. The van der Waals surface area contributed by atoms with Crippen LogP contribution < -0.4 is 21.9 Å². The zero-order valence-electron chi connectivity index (χ0n) is 10.9. The minimum Gasteiger partial charge on any atom is -0.357 e. The summed E-state index contributed by atoms with van der Waals surface area (Å²) in [5.41, 5.74) is 1.80. The predicted octanol–water partition coefficient (Wildman–Crippen LogP) is 0.837. The molecule has 0 aliphatic heterocycles. The van der Waals surface area contributed by atoms with Crippen LogP contribution in [0.25, 0.3) is 0 Å². The molecule has 0 atom stereocenters. The fourth-order valence-electron chi connectivity index (χ4n) is 2.24. The molecule has 1 aromatic rings. The molecule has 0 spiro atoms. The Bertz CT molecular complexity index is 452. The van der Waals surface area contributed by atoms with Crippen molar-refractivity contribution in [3.05, 3.63) is 0 Å². The molecule has 0 radical (unpaired) electrons. The summed E-state index contributed by atoms with van der Waals surface area (Å²) < 4.78 is 0. The highest BCUT2D eigenvalue weighted by molar-refractivity contribution is 5.44. The van der Waals surface area contributed by atoms with Gasteiger partial charge in [-0.15, -0.1) is 0 Å². The van der Waals surface area contributed by atoms with Gasteiger partial charge in [0.2, 0.25) is 17.8 Å². The molecular weight excluding hydrogens is 244 g/mol. The van der Waals surface area contributed by atoms with Crippen LogP contribution in [-0.2, 0) is 0 Å². The Hall–Kier alpha value is -2.14. The minimum absolute atomic E-state index is 0.255. The Morgan fingerprint density at radius 3 is 2.32 bits per heavy atom. The van der Waals surface area contributed by atoms with Crippen LogP contribution in [0, 0.1) is 11.3 Å². The normalized spacial score (nSPS) is 17.3. The maximum absolute atomic E-state index is 9.42. The number of aromatic nitrogens is 3. The Morgan fingerprint density at radius 1 is 1.11 bits per heavy atom. The number of nitrogens with two attached hydrogens (primary N) is 1. The zero-order valence-corrected chi connectivity index (χ0v) is 10.9. The highest BCUT2D eigenvalue weighted by Crippen LogP contribution is 2.30. The van der Waals surface area contributed by atoms with Crippen LogP contribution in [0.15, 0.2) is 0 Å². The summed E-state index contributed by atoms with van der Waals surface area (Å²) in [5.74, 6) is 6.33. The molecule has 1 aliphatic carbocycles. The first-order chi connectivity index (χ1) is 9.21. The number of nitriles is 1. The lowest BCUT2D eigenvalue weighted by Crippen LogP contribution is -2.39. The topological polar surface area (TPSA) is 125 Å². The number of hydrogen-bond acceptors (Lipinski definition) is 8. The molecule has 1 aliphatic rings. The van der Waals surface area contributed by atoms with E-state index < -0.39 is 5.54 Å². The zero-order chi connectivity index (χ0) is 13.7. The maximum atomic E-state index is 9.42. The van der Waals surface area contributed by atoms with Crippen LogP contribution in [-0.4, -0.2) is 27.5 Å². The molecule has 1 fully saturated rings. The van der Waals surface area contributed by atoms with E-state index in [-0.39, 0.29) is 5.95 Å². The van der Waals surface area contributed by atoms with Gasteiger partial charge >= 0.3 is 0 Å². The van der Waals surface area contributed by atoms with Crippen LogP contribution in [0.3, 0.4) is 0 Å². The van der Waals surface area contributed by atoms with Crippen molar-refractivity contribution in [3.8, 4) is 6.07 Å². The van der Waals surface area contributed by atoms with Crippen molar-refractivity contribution in [1.82, 2.24) is 15.0 Å². The van der Waals surface area contributed by atoms with Gasteiger partial charge in [-0.2, -0.15) is 20.2 Å². The van der Waals surface area contributed by atoms with Crippen molar-refractivity contribution in [1.29, 1.82) is 5.26 Å². The second-order valence-corrected chi connectivity index (χ2v) is 4.58. The third-order valence-electron chi connectivity index (χ3n) is 3.26. The standard InChI is InChI=1S/C11H18N8/c1-14-8-15-9(17-10(16-8)19-13)18-11(7-12)5-3-2-4-6-11/h2-6,13H2,1H3,(H3,14,15,16,17,18,19). The van der Waals surface area contributed by atoms with Crippen molar-refractivity contribution in [2.75, 3.05) is 23.1 Å². The summed E-state index contributed by atoms with van der Waals surface area (Å²) in [5, 5.41) is 15.4. The highest BCUT2D eigenvalue weighted by Gasteiger charge is 2.32. The Morgan fingerprint density at radius 2 is 1.74 bits per heavy atom. The Kier molecular flexibility index (Phi) is 3.97. The lowest BCUT2D eigenvalue weighted by molar-refractivity contribution is 0.391. The fourth-order valence-corrected chi connectivity index (χ4v) is 2.24. The van der Waals surface area contributed by atoms with Gasteiger partial charge in [-0.3, -0.25) is 5.43 Å². The fraction of sp³-hybridized carbons (Fsp3) is 0.636. The molecular formula is C11H18N8. The molecule has 1 heterocycles. The molecule has 1 saturated carbocycles. The largest absolute Gasteiger partial charge is 0.357 e. The van der Waals surface area contributed by atoms with E-state index in [2.05, 4.69) is 37.1 Å². The van der Waals surface area contributed by atoms with E-state index in [9.17, 15) is 5.26 Å². The summed E-state index contributed by atoms with van der Waals surface area (Å²) in [7, 11) is 1.71. The lowest BCUT2D eigenvalue weighted by atomic mass is 9.83. The van der Waals surface area contributed by atoms with E-state index in [1.54, 1.807) is 7.05 Å². The Balaban J connectivity index is 2.24. The summed E-state index contributed by atoms with van der Waals surface area (Å²) in [6.45, 7) is 0. The minimum atomic E-state index is -0.587. The van der Waals surface area contributed by atoms with Gasteiger partial charge in [-0.05, 0) is 12.8 Å². The summed E-state index contributed by atoms with van der Waals surface area (Å²) in [6.07, 6.45) is 4.84. The number of nitrogen functional groups attached to an aromatic ring is 1. The highest BCUT2D eigenvalue weighted by atomic mass is 15.3. The van der Waals surface area contributed by atoms with Crippen LogP contribution >= 0.6 is 0 Å². The first kappa shape index (κ1) is 13.3. The van der Waals surface area contributed by atoms with E-state index in [0.29, 0.717) is 11.9 Å². The first-order valence-electron chi connectivity index (χ1n) is 6.31. The third-order valence-corrected chi connectivity index (χ3v) is 3.26.